The van der Waals surface area contributed by atoms with Crippen LogP contribution in [-0.4, -0.2) is 52.4 Å². The van der Waals surface area contributed by atoms with Gasteiger partial charge in [0.05, 0.1) is 62.1 Å². The molecule has 6 heteroatoms. The highest BCUT2D eigenvalue weighted by Gasteiger charge is 2.55. The lowest BCUT2D eigenvalue weighted by atomic mass is 9.67. The van der Waals surface area contributed by atoms with Crippen molar-refractivity contribution in [3.8, 4) is 22.6 Å². The highest BCUT2D eigenvalue weighted by molar-refractivity contribution is 6.38. The summed E-state index contributed by atoms with van der Waals surface area (Å²) in [5.74, 6) is 1.70. The zero-order valence-electron chi connectivity index (χ0n) is 25.5. The van der Waals surface area contributed by atoms with E-state index in [4.69, 9.17) is 35.3 Å². The average molecular weight is 609 g/mol. The summed E-state index contributed by atoms with van der Waals surface area (Å²) >= 11 is 7.05. The Bertz CT molecular complexity index is 1880. The van der Waals surface area contributed by atoms with E-state index in [0.717, 1.165) is 54.9 Å². The fourth-order valence-corrected chi connectivity index (χ4v) is 7.58. The van der Waals surface area contributed by atoms with E-state index in [1.807, 2.05) is 12.1 Å². The maximum absolute atomic E-state index is 7.36. The van der Waals surface area contributed by atoms with Crippen LogP contribution in [0.5, 0.6) is 11.5 Å². The Labute approximate surface area is 262 Å². The molecule has 0 atom stereocenters. The summed E-state index contributed by atoms with van der Waals surface area (Å²) in [4.78, 5) is 0. The van der Waals surface area contributed by atoms with E-state index in [1.165, 1.54) is 0 Å². The monoisotopic (exact) mass is 608 g/mol. The minimum Gasteiger partial charge on any atom is -0.491 e. The normalized spacial score (nSPS) is 19.8. The van der Waals surface area contributed by atoms with Crippen molar-refractivity contribution >= 4 is 43.9 Å². The van der Waals surface area contributed by atoms with Gasteiger partial charge < -0.3 is 23.7 Å². The maximum Gasteiger partial charge on any atom is 0.136 e. The molecule has 0 bridgehead atoms. The first kappa shape index (κ1) is 28.1. The van der Waals surface area contributed by atoms with Crippen molar-refractivity contribution in [2.24, 2.45) is 16.2 Å². The minimum absolute atomic E-state index is 0.00950. The van der Waals surface area contributed by atoms with Gasteiger partial charge in [0.25, 0.3) is 0 Å². The Balaban J connectivity index is 1.39. The molecular formula is C38H37ClO5. The number of benzene rings is 5. The van der Waals surface area contributed by atoms with Crippen molar-refractivity contribution in [3.63, 3.8) is 0 Å². The number of hydrogen-bond donors (Lipinski definition) is 0. The van der Waals surface area contributed by atoms with Crippen LogP contribution < -0.4 is 9.47 Å². The van der Waals surface area contributed by atoms with Gasteiger partial charge in [-0.05, 0) is 28.3 Å². The lowest BCUT2D eigenvalue weighted by Gasteiger charge is -2.54. The molecule has 3 aliphatic heterocycles. The summed E-state index contributed by atoms with van der Waals surface area (Å²) in [5.41, 5.74) is 1.90. The Kier molecular flexibility index (Phi) is 6.62. The number of halogens is 1. The van der Waals surface area contributed by atoms with Crippen molar-refractivity contribution < 1.29 is 23.7 Å². The van der Waals surface area contributed by atoms with Gasteiger partial charge in [-0.25, -0.2) is 0 Å². The molecule has 0 aromatic heterocycles. The first-order valence-electron chi connectivity index (χ1n) is 15.5. The van der Waals surface area contributed by atoms with E-state index in [9.17, 15) is 0 Å². The Morgan fingerprint density at radius 1 is 0.659 bits per heavy atom. The summed E-state index contributed by atoms with van der Waals surface area (Å²) in [5, 5.41) is 6.97. The molecule has 3 heterocycles. The Morgan fingerprint density at radius 3 is 1.91 bits per heavy atom. The fourth-order valence-electron chi connectivity index (χ4n) is 7.32. The third-order valence-corrected chi connectivity index (χ3v) is 10.1. The SMILES string of the molecule is CC1(COc2c3ccccc3c(-c3ccc4ccccc4c3OC(C3(C)COC3)C3(C)COC3)c3cccc(Cl)c23)COC1. The summed E-state index contributed by atoms with van der Waals surface area (Å²) in [6.07, 6.45) is -0.0868. The van der Waals surface area contributed by atoms with Crippen LogP contribution in [0.3, 0.4) is 0 Å². The van der Waals surface area contributed by atoms with Crippen molar-refractivity contribution in [1.29, 1.82) is 0 Å². The van der Waals surface area contributed by atoms with Gasteiger partial charge in [-0.3, -0.25) is 0 Å². The highest BCUT2D eigenvalue weighted by Crippen LogP contribution is 2.52. The number of fused-ring (bicyclic) bond motifs is 3. The molecular weight excluding hydrogens is 572 g/mol. The van der Waals surface area contributed by atoms with Crippen molar-refractivity contribution in [2.75, 3.05) is 46.2 Å². The molecule has 0 radical (unpaired) electrons. The second-order valence-corrected chi connectivity index (χ2v) is 14.4. The van der Waals surface area contributed by atoms with Gasteiger partial charge in [0.15, 0.2) is 0 Å². The van der Waals surface area contributed by atoms with Gasteiger partial charge in [-0.2, -0.15) is 0 Å². The topological polar surface area (TPSA) is 46.2 Å². The summed E-state index contributed by atoms with van der Waals surface area (Å²) in [6.45, 7) is 11.4. The van der Waals surface area contributed by atoms with E-state index in [1.54, 1.807) is 0 Å². The molecule has 0 amide bonds. The molecule has 0 saturated carbocycles. The molecule has 44 heavy (non-hydrogen) atoms. The van der Waals surface area contributed by atoms with Gasteiger partial charge in [0.1, 0.15) is 17.6 Å². The molecule has 3 aliphatic rings. The molecule has 5 aromatic carbocycles. The van der Waals surface area contributed by atoms with Gasteiger partial charge in [0.2, 0.25) is 0 Å². The molecule has 3 saturated heterocycles. The maximum atomic E-state index is 7.36. The predicted molar refractivity (Wildman–Crippen MR) is 176 cm³/mol. The third-order valence-electron chi connectivity index (χ3n) is 9.79. The van der Waals surface area contributed by atoms with E-state index in [2.05, 4.69) is 87.5 Å². The Morgan fingerprint density at radius 2 is 1.27 bits per heavy atom. The second-order valence-electron chi connectivity index (χ2n) is 14.0. The molecule has 3 fully saturated rings. The van der Waals surface area contributed by atoms with Gasteiger partial charge in [-0.15, -0.1) is 0 Å². The molecule has 5 aromatic rings. The molecule has 0 aliphatic carbocycles. The van der Waals surface area contributed by atoms with Crippen molar-refractivity contribution in [1.82, 2.24) is 0 Å². The number of rotatable bonds is 8. The van der Waals surface area contributed by atoms with Crippen molar-refractivity contribution in [3.05, 3.63) is 83.9 Å². The van der Waals surface area contributed by atoms with Crippen LogP contribution in [0.4, 0.5) is 0 Å². The van der Waals surface area contributed by atoms with Crippen LogP contribution in [0.15, 0.2) is 78.9 Å². The zero-order valence-corrected chi connectivity index (χ0v) is 26.2. The molecule has 0 N–H and O–H groups in total. The van der Waals surface area contributed by atoms with Crippen LogP contribution in [0.25, 0.3) is 43.4 Å². The van der Waals surface area contributed by atoms with Crippen molar-refractivity contribution in [2.45, 2.75) is 26.9 Å². The molecule has 8 rings (SSSR count). The second kappa shape index (κ2) is 10.3. The van der Waals surface area contributed by atoms with Crippen LogP contribution in [0, 0.1) is 16.2 Å². The average Bonchev–Trinajstić information content (AvgIpc) is 2.99. The van der Waals surface area contributed by atoms with E-state index in [0.29, 0.717) is 51.3 Å². The zero-order chi connectivity index (χ0) is 30.1. The van der Waals surface area contributed by atoms with Crippen LogP contribution in [0.1, 0.15) is 20.8 Å². The van der Waals surface area contributed by atoms with Crippen LogP contribution >= 0.6 is 11.6 Å². The van der Waals surface area contributed by atoms with Gasteiger partial charge in [0, 0.05) is 32.7 Å². The third kappa shape index (κ3) is 4.40. The van der Waals surface area contributed by atoms with Gasteiger partial charge in [-0.1, -0.05) is 99.1 Å². The molecule has 226 valence electrons. The van der Waals surface area contributed by atoms with E-state index >= 15 is 0 Å². The standard InChI is InChI=1S/C38H37ClO5/c1-36(17-40-18-36)19-43-34-27-12-7-6-11-26(27)31(28-13-8-14-30(39)32(28)34)29-16-15-24-9-4-5-10-25(24)33(29)44-35(37(2)20-41-21-37)38(3)22-42-23-38/h4-16,35H,17-23H2,1-3H3. The summed E-state index contributed by atoms with van der Waals surface area (Å²) in [6, 6.07) is 27.5. The predicted octanol–water partition coefficient (Wildman–Crippen LogP) is 8.70. The van der Waals surface area contributed by atoms with E-state index < -0.39 is 0 Å². The van der Waals surface area contributed by atoms with E-state index in [-0.39, 0.29) is 22.3 Å². The summed E-state index contributed by atoms with van der Waals surface area (Å²) in [7, 11) is 0. The first-order chi connectivity index (χ1) is 21.3. The molecule has 0 unspecified atom stereocenters. The fraction of sp³-hybridized carbons (Fsp3) is 0.368. The number of ether oxygens (including phenoxy) is 5. The molecule has 0 spiro atoms. The largest absolute Gasteiger partial charge is 0.491 e. The van der Waals surface area contributed by atoms with Crippen LogP contribution in [-0.2, 0) is 14.2 Å². The van der Waals surface area contributed by atoms with Crippen LogP contribution in [0.2, 0.25) is 5.02 Å². The lowest BCUT2D eigenvalue weighted by Crippen LogP contribution is -2.63. The number of hydrogen-bond acceptors (Lipinski definition) is 5. The quantitative estimate of drug-likeness (QED) is 0.165. The smallest absolute Gasteiger partial charge is 0.136 e. The highest BCUT2D eigenvalue weighted by atomic mass is 35.5. The first-order valence-corrected chi connectivity index (χ1v) is 15.8. The van der Waals surface area contributed by atoms with Gasteiger partial charge >= 0.3 is 0 Å². The minimum atomic E-state index is -0.112. The lowest BCUT2D eigenvalue weighted by molar-refractivity contribution is -0.236. The summed E-state index contributed by atoms with van der Waals surface area (Å²) < 4.78 is 31.1. The Hall–Kier alpha value is -3.35. The molecule has 5 nitrogen and oxygen atoms in total.